The molecule has 13 nitrogen and oxygen atoms in total. The molecule has 0 spiro atoms. The van der Waals surface area contributed by atoms with Gasteiger partial charge in [-0.15, -0.1) is 5.54 Å². The van der Waals surface area contributed by atoms with Gasteiger partial charge in [-0.25, -0.2) is 13.6 Å². The zero-order valence-electron chi connectivity index (χ0n) is 46.7. The number of rotatable bonds is 17. The number of aromatic nitrogens is 3. The van der Waals surface area contributed by atoms with Crippen LogP contribution in [0.3, 0.4) is 0 Å². The summed E-state index contributed by atoms with van der Waals surface area (Å²) in [6.45, 7) is 29.3. The highest BCUT2D eigenvalue weighted by atomic mass is 28.4. The Balaban J connectivity index is 1.21. The van der Waals surface area contributed by atoms with E-state index in [0.717, 1.165) is 71.0 Å². The smallest absolute Gasteiger partial charge is 0.513 e. The third kappa shape index (κ3) is 10.9. The Bertz CT molecular complexity index is 2950. The Hall–Kier alpha value is -5.71. The van der Waals surface area contributed by atoms with E-state index in [1.54, 1.807) is 12.3 Å². The van der Waals surface area contributed by atoms with Gasteiger partial charge in [0, 0.05) is 48.4 Å². The lowest BCUT2D eigenvalue weighted by molar-refractivity contribution is -0.384. The third-order valence-corrected chi connectivity index (χ3v) is 29.6. The van der Waals surface area contributed by atoms with Crippen LogP contribution in [0.1, 0.15) is 140 Å². The third-order valence-electron chi connectivity index (χ3n) is 17.3. The van der Waals surface area contributed by atoms with Gasteiger partial charge in [0.25, 0.3) is 14.0 Å². The van der Waals surface area contributed by atoms with Crippen LogP contribution in [0.5, 0.6) is 17.5 Å². The molecular formula is C59H78F2N6O7Si2. The lowest BCUT2D eigenvalue weighted by atomic mass is 9.95. The largest absolute Gasteiger partial charge is 0.543 e. The number of carbonyl (C=O) groups is 1. The van der Waals surface area contributed by atoms with E-state index in [-0.39, 0.29) is 70.1 Å². The Morgan fingerprint density at radius 3 is 2.09 bits per heavy atom. The fourth-order valence-electron chi connectivity index (χ4n) is 13.7. The van der Waals surface area contributed by atoms with Gasteiger partial charge >= 0.3 is 12.2 Å². The van der Waals surface area contributed by atoms with Gasteiger partial charge in [0.05, 0.1) is 21.4 Å². The van der Waals surface area contributed by atoms with Crippen molar-refractivity contribution >= 4 is 55.7 Å². The molecule has 3 saturated heterocycles. The topological polar surface area (TPSA) is 142 Å². The molecule has 5 aromatic rings. The summed E-state index contributed by atoms with van der Waals surface area (Å²) in [5, 5.41) is 12.7. The molecule has 5 heterocycles. The lowest BCUT2D eigenvalue weighted by Gasteiger charge is -2.42. The molecule has 3 aliphatic rings. The summed E-state index contributed by atoms with van der Waals surface area (Å²) in [4.78, 5) is 42.8. The summed E-state index contributed by atoms with van der Waals surface area (Å²) in [6, 6.07) is 12.2. The summed E-state index contributed by atoms with van der Waals surface area (Å²) in [5.74, 6) is 3.58. The Labute approximate surface area is 450 Å². The first kappa shape index (κ1) is 56.5. The van der Waals surface area contributed by atoms with Gasteiger partial charge in [-0.05, 0) is 114 Å². The highest BCUT2D eigenvalue weighted by molar-refractivity contribution is 6.90. The van der Waals surface area contributed by atoms with E-state index in [1.807, 2.05) is 12.1 Å². The Morgan fingerprint density at radius 2 is 1.47 bits per heavy atom. The second kappa shape index (κ2) is 23.1. The highest BCUT2D eigenvalue weighted by Gasteiger charge is 2.51. The van der Waals surface area contributed by atoms with Crippen molar-refractivity contribution in [3.8, 4) is 40.2 Å². The molecule has 0 saturated carbocycles. The van der Waals surface area contributed by atoms with Crippen LogP contribution in [0, 0.1) is 33.2 Å². The molecule has 0 amide bonds. The van der Waals surface area contributed by atoms with Crippen LogP contribution in [0.4, 0.5) is 25.1 Å². The van der Waals surface area contributed by atoms with E-state index < -0.39 is 44.6 Å². The Morgan fingerprint density at radius 1 is 0.816 bits per heavy atom. The zero-order chi connectivity index (χ0) is 54.9. The van der Waals surface area contributed by atoms with Crippen LogP contribution < -0.4 is 18.8 Å². The molecule has 17 heteroatoms. The molecule has 8 rings (SSSR count). The molecule has 0 N–H and O–H groups in total. The van der Waals surface area contributed by atoms with Crippen molar-refractivity contribution in [2.24, 2.45) is 0 Å². The number of nitro benzene ring substituents is 1. The van der Waals surface area contributed by atoms with Crippen molar-refractivity contribution in [1.29, 1.82) is 0 Å². The van der Waals surface area contributed by atoms with Gasteiger partial charge in [0.2, 0.25) is 0 Å². The van der Waals surface area contributed by atoms with Crippen LogP contribution >= 0.6 is 0 Å². The first-order valence-corrected chi connectivity index (χ1v) is 32.1. The number of hydrogen-bond donors (Lipinski definition) is 0. The zero-order valence-corrected chi connectivity index (χ0v) is 48.7. The average Bonchev–Trinajstić information content (AvgIpc) is 3.81. The van der Waals surface area contributed by atoms with Crippen molar-refractivity contribution < 1.29 is 37.1 Å². The van der Waals surface area contributed by atoms with Crippen LogP contribution in [0.2, 0.25) is 33.2 Å². The summed E-state index contributed by atoms with van der Waals surface area (Å²) in [6.07, 6.45) is 8.08. The number of nitrogens with zero attached hydrogens (tertiary/aromatic N) is 6. The molecule has 0 radical (unpaired) electrons. The van der Waals surface area contributed by atoms with Crippen molar-refractivity contribution in [3.05, 3.63) is 82.0 Å². The molecular weight excluding hydrogens is 999 g/mol. The molecule has 0 bridgehead atoms. The molecule has 76 heavy (non-hydrogen) atoms. The molecule has 2 aromatic heterocycles. The normalized spacial score (nSPS) is 18.5. The number of carbonyl (C=O) groups excluding carboxylic acids is 1. The van der Waals surface area contributed by atoms with Crippen molar-refractivity contribution in [2.75, 3.05) is 37.7 Å². The van der Waals surface area contributed by atoms with Crippen molar-refractivity contribution in [1.82, 2.24) is 19.9 Å². The van der Waals surface area contributed by atoms with E-state index in [1.165, 1.54) is 30.3 Å². The van der Waals surface area contributed by atoms with Crippen LogP contribution in [-0.2, 0) is 4.74 Å². The number of hydrogen-bond acceptors (Lipinski definition) is 12. The SMILES string of the molecule is CC(C)[Si](C#Cc1c(F)ccc2cc(O[Si](C(C)C)(C(C)C)C(C)C)cc(-c3ncc4c(N5CCCCCC5)nc(OC[C@@]56CCCN5[C@H](COC(=O)Oc5ccc([N+](=O)[O-])cc5)CC6)nc4c3F)c12)(C(C)C)C(C)C. The number of pyridine rings is 1. The van der Waals surface area contributed by atoms with Gasteiger partial charge in [0.1, 0.15) is 55.6 Å². The molecule has 0 unspecified atom stereocenters. The van der Waals surface area contributed by atoms with Crippen molar-refractivity contribution in [3.63, 3.8) is 0 Å². The minimum atomic E-state index is -2.54. The lowest BCUT2D eigenvalue weighted by Crippen LogP contribution is -2.50. The second-order valence-electron chi connectivity index (χ2n) is 23.4. The van der Waals surface area contributed by atoms with E-state index in [4.69, 9.17) is 33.6 Å². The van der Waals surface area contributed by atoms with Crippen LogP contribution in [0.25, 0.3) is 32.9 Å². The van der Waals surface area contributed by atoms with E-state index >= 15 is 8.78 Å². The van der Waals surface area contributed by atoms with Gasteiger partial charge < -0.3 is 23.5 Å². The highest BCUT2D eigenvalue weighted by Crippen LogP contribution is 2.47. The summed E-state index contributed by atoms with van der Waals surface area (Å²) in [5.41, 5.74) is 5.61. The maximum absolute atomic E-state index is 18.3. The van der Waals surface area contributed by atoms with Gasteiger partial charge in [0.15, 0.2) is 5.82 Å². The average molecular weight is 1080 g/mol. The number of fused-ring (bicyclic) bond motifs is 3. The van der Waals surface area contributed by atoms with Crippen molar-refractivity contribution in [2.45, 2.75) is 179 Å². The molecule has 3 aromatic carbocycles. The van der Waals surface area contributed by atoms with Gasteiger partial charge in [-0.3, -0.25) is 20.0 Å². The quantitative estimate of drug-likeness (QED) is 0.0218. The van der Waals surface area contributed by atoms with Crippen LogP contribution in [-0.4, -0.2) is 91.8 Å². The van der Waals surface area contributed by atoms with E-state index in [0.29, 0.717) is 49.9 Å². The van der Waals surface area contributed by atoms with E-state index in [2.05, 4.69) is 104 Å². The first-order valence-electron chi connectivity index (χ1n) is 27.7. The number of non-ortho nitro benzene ring substituents is 1. The summed E-state index contributed by atoms with van der Waals surface area (Å²) >= 11 is 0. The standard InChI is InChI=1S/C59H78F2N6O7Si2/c1-37(2)75(38(3)4,39(5)6)31-25-48-51(60)23-18-43-32-47(74-76(40(7)8,41(9)10)42(11)12)33-49(52(43)48)54-53(61)55-50(34-62-54)56(65-28-15-13-14-16-29-65)64-57(63-55)72-36-59-26-17-30-66(59)45(24-27-59)35-71-58(68)73-46-21-19-44(20-22-46)67(69)70/h18-23,32-34,37-42,45H,13-17,24,26-30,35-36H2,1-12H3/t45-,59-/m0/s1. The van der Waals surface area contributed by atoms with Gasteiger partial charge in [-0.1, -0.05) is 108 Å². The number of benzene rings is 3. The Kier molecular flexibility index (Phi) is 17.2. The fraction of sp³-hybridized carbons (Fsp3) is 0.559. The number of nitro groups is 1. The minimum Gasteiger partial charge on any atom is -0.543 e. The summed E-state index contributed by atoms with van der Waals surface area (Å²) < 4.78 is 60.1. The number of ether oxygens (including phenoxy) is 3. The molecule has 0 aliphatic carbocycles. The molecule has 2 atom stereocenters. The number of anilines is 1. The van der Waals surface area contributed by atoms with Crippen LogP contribution in [0.15, 0.2) is 54.7 Å². The molecule has 408 valence electrons. The molecule has 3 aliphatic heterocycles. The minimum absolute atomic E-state index is 0.0142. The fourth-order valence-corrected chi connectivity index (χ4v) is 24.1. The second-order valence-corrected chi connectivity index (χ2v) is 34.3. The van der Waals surface area contributed by atoms with Gasteiger partial charge in [-0.2, -0.15) is 9.97 Å². The predicted molar refractivity (Wildman–Crippen MR) is 303 cm³/mol. The predicted octanol–water partition coefficient (Wildman–Crippen LogP) is 15.1. The molecule has 3 fully saturated rings. The maximum atomic E-state index is 18.3. The monoisotopic (exact) mass is 1080 g/mol. The maximum Gasteiger partial charge on any atom is 0.513 e. The summed E-state index contributed by atoms with van der Waals surface area (Å²) in [7, 11) is -4.89. The first-order chi connectivity index (χ1) is 36.1. The number of halogens is 2. The van der Waals surface area contributed by atoms with E-state index in [9.17, 15) is 14.9 Å².